The first-order chi connectivity index (χ1) is 6.02. The summed E-state index contributed by atoms with van der Waals surface area (Å²) in [6, 6.07) is -0.487. The second-order valence-electron chi connectivity index (χ2n) is 3.86. The van der Waals surface area contributed by atoms with Crippen LogP contribution in [0.2, 0.25) is 0 Å². The van der Waals surface area contributed by atoms with E-state index in [0.29, 0.717) is 18.9 Å². The molecule has 0 bridgehead atoms. The average Bonchev–Trinajstić information content (AvgIpc) is 2.82. The molecule has 1 heterocycles. The zero-order chi connectivity index (χ0) is 10.1. The molecule has 1 aliphatic heterocycles. The van der Waals surface area contributed by atoms with Gasteiger partial charge in [0.1, 0.15) is 0 Å². The van der Waals surface area contributed by atoms with Gasteiger partial charge in [-0.2, -0.15) is 0 Å². The Bertz CT molecular complexity index is 248. The Morgan fingerprint density at radius 2 is 2.31 bits per heavy atom. The number of ether oxygens (including phenoxy) is 1. The Hall–Kier alpha value is -0.850. The maximum atomic E-state index is 11.6. The summed E-state index contributed by atoms with van der Waals surface area (Å²) in [5, 5.41) is 0. The van der Waals surface area contributed by atoms with Crippen LogP contribution in [-0.2, 0) is 9.53 Å². The van der Waals surface area contributed by atoms with E-state index in [-0.39, 0.29) is 5.78 Å². The highest BCUT2D eigenvalue weighted by Gasteiger charge is 2.52. The molecule has 0 amide bonds. The Morgan fingerprint density at radius 3 is 2.62 bits per heavy atom. The van der Waals surface area contributed by atoms with Gasteiger partial charge in [-0.3, -0.25) is 4.79 Å². The van der Waals surface area contributed by atoms with Crippen LogP contribution in [0.3, 0.4) is 0 Å². The molecular weight excluding hydrogens is 166 g/mol. The number of rotatable bonds is 4. The molecule has 3 heteroatoms. The average molecular weight is 181 g/mol. The third-order valence-corrected chi connectivity index (χ3v) is 2.13. The molecule has 1 fully saturated rings. The molecule has 0 radical (unpaired) electrons. The van der Waals surface area contributed by atoms with Crippen molar-refractivity contribution in [3.8, 4) is 12.3 Å². The Morgan fingerprint density at radius 1 is 1.77 bits per heavy atom. The quantitative estimate of drug-likeness (QED) is 0.502. The first-order valence-corrected chi connectivity index (χ1v) is 4.43. The van der Waals surface area contributed by atoms with Crippen LogP contribution in [0, 0.1) is 18.3 Å². The monoisotopic (exact) mass is 181 g/mol. The highest BCUT2D eigenvalue weighted by atomic mass is 16.6. The summed E-state index contributed by atoms with van der Waals surface area (Å²) >= 11 is 0. The van der Waals surface area contributed by atoms with Crippen molar-refractivity contribution < 1.29 is 9.53 Å². The predicted molar refractivity (Wildman–Crippen MR) is 50.0 cm³/mol. The molecule has 0 aromatic heterocycles. The molecule has 0 aromatic carbocycles. The molecule has 2 N–H and O–H groups in total. The van der Waals surface area contributed by atoms with Crippen LogP contribution in [0.25, 0.3) is 0 Å². The molecule has 1 saturated heterocycles. The maximum absolute atomic E-state index is 11.6. The van der Waals surface area contributed by atoms with Gasteiger partial charge in [-0.1, -0.05) is 19.8 Å². The standard InChI is InChI=1S/C10H15NO2/c1-4-10(6-13-10)9(12)8(11)5-7(2)3/h1,7-8H,5-6,11H2,2-3H3/t8-,10+/m0/s1. The van der Waals surface area contributed by atoms with Crippen molar-refractivity contribution in [3.05, 3.63) is 0 Å². The van der Waals surface area contributed by atoms with Crippen LogP contribution < -0.4 is 5.73 Å². The topological polar surface area (TPSA) is 55.6 Å². The van der Waals surface area contributed by atoms with Crippen LogP contribution in [0.1, 0.15) is 20.3 Å². The summed E-state index contributed by atoms with van der Waals surface area (Å²) in [5.41, 5.74) is 4.72. The second kappa shape index (κ2) is 3.49. The molecule has 13 heavy (non-hydrogen) atoms. The van der Waals surface area contributed by atoms with Crippen molar-refractivity contribution in [2.75, 3.05) is 6.61 Å². The molecule has 1 rings (SSSR count). The van der Waals surface area contributed by atoms with Crippen LogP contribution in [0.15, 0.2) is 0 Å². The van der Waals surface area contributed by atoms with Gasteiger partial charge in [-0.15, -0.1) is 6.42 Å². The van der Waals surface area contributed by atoms with E-state index < -0.39 is 11.6 Å². The van der Waals surface area contributed by atoms with Gasteiger partial charge in [0.15, 0.2) is 5.78 Å². The molecule has 0 spiro atoms. The summed E-state index contributed by atoms with van der Waals surface area (Å²) < 4.78 is 4.94. The molecular formula is C10H15NO2. The number of hydrogen-bond donors (Lipinski definition) is 1. The van der Waals surface area contributed by atoms with Crippen molar-refractivity contribution in [3.63, 3.8) is 0 Å². The van der Waals surface area contributed by atoms with E-state index in [4.69, 9.17) is 16.9 Å². The zero-order valence-corrected chi connectivity index (χ0v) is 8.04. The zero-order valence-electron chi connectivity index (χ0n) is 8.04. The van der Waals surface area contributed by atoms with E-state index in [1.54, 1.807) is 0 Å². The number of hydrogen-bond acceptors (Lipinski definition) is 3. The lowest BCUT2D eigenvalue weighted by molar-refractivity contribution is -0.123. The number of terminal acetylenes is 1. The van der Waals surface area contributed by atoms with Crippen LogP contribution >= 0.6 is 0 Å². The molecule has 3 nitrogen and oxygen atoms in total. The van der Waals surface area contributed by atoms with E-state index in [1.165, 1.54) is 0 Å². The number of ketones is 1. The number of carbonyl (C=O) groups excluding carboxylic acids is 1. The van der Waals surface area contributed by atoms with Crippen molar-refractivity contribution in [1.29, 1.82) is 0 Å². The Balaban J connectivity index is 2.54. The van der Waals surface area contributed by atoms with Gasteiger partial charge in [0.05, 0.1) is 12.6 Å². The molecule has 0 unspecified atom stereocenters. The molecule has 1 aliphatic rings. The van der Waals surface area contributed by atoms with Gasteiger partial charge in [0.25, 0.3) is 0 Å². The van der Waals surface area contributed by atoms with Crippen molar-refractivity contribution in [2.24, 2.45) is 11.7 Å². The fraction of sp³-hybridized carbons (Fsp3) is 0.700. The summed E-state index contributed by atoms with van der Waals surface area (Å²) in [7, 11) is 0. The van der Waals surface area contributed by atoms with Gasteiger partial charge in [-0.25, -0.2) is 0 Å². The van der Waals surface area contributed by atoms with E-state index in [0.717, 1.165) is 0 Å². The molecule has 0 saturated carbocycles. The fourth-order valence-electron chi connectivity index (χ4n) is 1.28. The lowest BCUT2D eigenvalue weighted by atomic mass is 9.94. The van der Waals surface area contributed by atoms with Crippen LogP contribution in [0.4, 0.5) is 0 Å². The highest BCUT2D eigenvalue weighted by Crippen LogP contribution is 2.28. The third kappa shape index (κ3) is 2.09. The number of nitrogens with two attached hydrogens (primary N) is 1. The van der Waals surface area contributed by atoms with Crippen LogP contribution in [0.5, 0.6) is 0 Å². The van der Waals surface area contributed by atoms with E-state index in [1.807, 2.05) is 13.8 Å². The third-order valence-electron chi connectivity index (χ3n) is 2.13. The summed E-state index contributed by atoms with van der Waals surface area (Å²) in [5.74, 6) is 2.60. The van der Waals surface area contributed by atoms with E-state index >= 15 is 0 Å². The molecule has 72 valence electrons. The molecule has 0 aliphatic carbocycles. The first-order valence-electron chi connectivity index (χ1n) is 4.43. The summed E-state index contributed by atoms with van der Waals surface area (Å²) in [6.07, 6.45) is 5.85. The number of Topliss-reactive ketones (excluding diaryl/α,β-unsaturated/α-hetero) is 1. The van der Waals surface area contributed by atoms with E-state index in [9.17, 15) is 4.79 Å². The first kappa shape index (κ1) is 10.2. The lowest BCUT2D eigenvalue weighted by Gasteiger charge is -2.14. The van der Waals surface area contributed by atoms with Gasteiger partial charge in [-0.05, 0) is 12.3 Å². The SMILES string of the molecule is C#C[C@]1(C(=O)[C@@H](N)CC(C)C)CO1. The smallest absolute Gasteiger partial charge is 0.211 e. The number of epoxide rings is 1. The minimum Gasteiger partial charge on any atom is -0.348 e. The number of carbonyl (C=O) groups is 1. The van der Waals surface area contributed by atoms with Gasteiger partial charge < -0.3 is 10.5 Å². The normalized spacial score (nSPS) is 28.2. The maximum Gasteiger partial charge on any atom is 0.211 e. The minimum absolute atomic E-state index is 0.149. The minimum atomic E-state index is -0.978. The highest BCUT2D eigenvalue weighted by molar-refractivity contribution is 5.97. The van der Waals surface area contributed by atoms with Gasteiger partial charge in [0, 0.05) is 0 Å². The van der Waals surface area contributed by atoms with Crippen molar-refractivity contribution in [2.45, 2.75) is 31.9 Å². The fourth-order valence-corrected chi connectivity index (χ4v) is 1.28. The largest absolute Gasteiger partial charge is 0.348 e. The van der Waals surface area contributed by atoms with Crippen molar-refractivity contribution >= 4 is 5.78 Å². The summed E-state index contributed by atoms with van der Waals surface area (Å²) in [4.78, 5) is 11.6. The Labute approximate surface area is 78.6 Å². The Kier molecular flexibility index (Phi) is 2.74. The second-order valence-corrected chi connectivity index (χ2v) is 3.86. The van der Waals surface area contributed by atoms with Crippen LogP contribution in [-0.4, -0.2) is 24.0 Å². The van der Waals surface area contributed by atoms with Gasteiger partial charge in [0.2, 0.25) is 5.60 Å². The van der Waals surface area contributed by atoms with E-state index in [2.05, 4.69) is 5.92 Å². The molecule has 0 aromatic rings. The van der Waals surface area contributed by atoms with Gasteiger partial charge >= 0.3 is 0 Å². The molecule has 2 atom stereocenters. The lowest BCUT2D eigenvalue weighted by Crippen LogP contribution is -2.41. The summed E-state index contributed by atoms with van der Waals surface area (Å²) in [6.45, 7) is 4.36. The van der Waals surface area contributed by atoms with Crippen molar-refractivity contribution in [1.82, 2.24) is 0 Å². The predicted octanol–water partition coefficient (Wildman–Crippen LogP) is 0.331.